The lowest BCUT2D eigenvalue weighted by Crippen LogP contribution is -2.36. The van der Waals surface area contributed by atoms with Crippen molar-refractivity contribution >= 4 is 0 Å². The molecular weight excluding hydrogens is 186 g/mol. The Kier molecular flexibility index (Phi) is 4.90. The highest BCUT2D eigenvalue weighted by atomic mass is 15.1. The lowest BCUT2D eigenvalue weighted by atomic mass is 9.98. The van der Waals surface area contributed by atoms with E-state index < -0.39 is 0 Å². The monoisotopic (exact) mass is 211 g/mol. The highest BCUT2D eigenvalue weighted by molar-refractivity contribution is 4.71. The van der Waals surface area contributed by atoms with E-state index in [1.165, 1.54) is 71.5 Å². The first-order chi connectivity index (χ1) is 7.45. The molecule has 0 spiro atoms. The molecular formula is C12H25N3. The maximum absolute atomic E-state index is 3.61. The molecule has 2 rings (SSSR count). The summed E-state index contributed by atoms with van der Waals surface area (Å²) in [5.41, 5.74) is 0. The number of nitrogens with zero attached hydrogens (tertiary/aromatic N) is 1. The van der Waals surface area contributed by atoms with Crippen molar-refractivity contribution in [3.63, 3.8) is 0 Å². The quantitative estimate of drug-likeness (QED) is 0.655. The molecule has 0 bridgehead atoms. The molecule has 0 amide bonds. The van der Waals surface area contributed by atoms with Crippen LogP contribution < -0.4 is 10.6 Å². The second kappa shape index (κ2) is 6.46. The summed E-state index contributed by atoms with van der Waals surface area (Å²) in [7, 11) is 0. The lowest BCUT2D eigenvalue weighted by molar-refractivity contribution is 0.315. The van der Waals surface area contributed by atoms with Crippen LogP contribution in [0.4, 0.5) is 0 Å². The van der Waals surface area contributed by atoms with Crippen LogP contribution in [0, 0.1) is 5.92 Å². The van der Waals surface area contributed by atoms with E-state index >= 15 is 0 Å². The summed E-state index contributed by atoms with van der Waals surface area (Å²) < 4.78 is 0. The van der Waals surface area contributed by atoms with E-state index in [1.807, 2.05) is 0 Å². The predicted molar refractivity (Wildman–Crippen MR) is 64.1 cm³/mol. The molecule has 2 fully saturated rings. The minimum absolute atomic E-state index is 0.921. The third kappa shape index (κ3) is 4.09. The minimum Gasteiger partial charge on any atom is -0.317 e. The molecule has 2 N–H and O–H groups in total. The van der Waals surface area contributed by atoms with Crippen molar-refractivity contribution in [3.05, 3.63) is 0 Å². The van der Waals surface area contributed by atoms with Crippen LogP contribution in [0.5, 0.6) is 0 Å². The van der Waals surface area contributed by atoms with Gasteiger partial charge in [0.05, 0.1) is 0 Å². The topological polar surface area (TPSA) is 27.3 Å². The van der Waals surface area contributed by atoms with Crippen molar-refractivity contribution in [1.29, 1.82) is 0 Å². The molecule has 0 saturated carbocycles. The molecule has 3 nitrogen and oxygen atoms in total. The molecule has 15 heavy (non-hydrogen) atoms. The molecule has 2 heterocycles. The number of hydrogen-bond donors (Lipinski definition) is 2. The van der Waals surface area contributed by atoms with Crippen molar-refractivity contribution in [2.45, 2.75) is 25.7 Å². The molecule has 0 radical (unpaired) electrons. The van der Waals surface area contributed by atoms with Gasteiger partial charge in [0, 0.05) is 13.1 Å². The Morgan fingerprint density at radius 3 is 2.60 bits per heavy atom. The normalized spacial score (nSPS) is 24.8. The van der Waals surface area contributed by atoms with E-state index in [0.29, 0.717) is 0 Å². The number of hydrogen-bond acceptors (Lipinski definition) is 3. The Morgan fingerprint density at radius 2 is 1.87 bits per heavy atom. The molecule has 2 aliphatic heterocycles. The van der Waals surface area contributed by atoms with Gasteiger partial charge in [0.25, 0.3) is 0 Å². The first-order valence-corrected chi connectivity index (χ1v) is 6.59. The summed E-state index contributed by atoms with van der Waals surface area (Å²) in [6.07, 6.45) is 5.54. The highest BCUT2D eigenvalue weighted by Gasteiger charge is 2.13. The van der Waals surface area contributed by atoms with Gasteiger partial charge in [-0.05, 0) is 64.3 Å². The van der Waals surface area contributed by atoms with E-state index in [1.54, 1.807) is 0 Å². The minimum atomic E-state index is 0.921. The molecule has 0 aromatic rings. The highest BCUT2D eigenvalue weighted by Crippen LogP contribution is 2.10. The Balaban J connectivity index is 1.47. The summed E-state index contributed by atoms with van der Waals surface area (Å²) in [4.78, 5) is 2.58. The summed E-state index contributed by atoms with van der Waals surface area (Å²) in [5.74, 6) is 0.921. The molecule has 3 heteroatoms. The average Bonchev–Trinajstić information content (AvgIpc) is 2.79. The molecule has 88 valence electrons. The number of rotatable bonds is 5. The van der Waals surface area contributed by atoms with Crippen LogP contribution in [0.25, 0.3) is 0 Å². The van der Waals surface area contributed by atoms with Crippen molar-refractivity contribution in [2.75, 3.05) is 45.8 Å². The van der Waals surface area contributed by atoms with Gasteiger partial charge in [0.1, 0.15) is 0 Å². The predicted octanol–water partition coefficient (Wildman–Crippen LogP) is 0.671. The maximum atomic E-state index is 3.61. The van der Waals surface area contributed by atoms with Gasteiger partial charge in [0.15, 0.2) is 0 Å². The number of piperidine rings is 1. The smallest absolute Gasteiger partial charge is 0.0107 e. The summed E-state index contributed by atoms with van der Waals surface area (Å²) >= 11 is 0. The van der Waals surface area contributed by atoms with Crippen LogP contribution >= 0.6 is 0 Å². The van der Waals surface area contributed by atoms with Crippen LogP contribution in [-0.2, 0) is 0 Å². The van der Waals surface area contributed by atoms with Crippen molar-refractivity contribution in [3.8, 4) is 0 Å². The summed E-state index contributed by atoms with van der Waals surface area (Å²) in [6.45, 7) is 8.77. The van der Waals surface area contributed by atoms with Crippen LogP contribution in [0.1, 0.15) is 25.7 Å². The standard InChI is InChI=1S/C12H25N3/c1-2-9-15(8-1)10-7-14-11-12-3-5-13-6-4-12/h12-14H,1-11H2. The van der Waals surface area contributed by atoms with E-state index in [2.05, 4.69) is 15.5 Å². The zero-order chi connectivity index (χ0) is 10.3. The Labute approximate surface area is 93.6 Å². The van der Waals surface area contributed by atoms with Crippen molar-refractivity contribution in [2.24, 2.45) is 5.92 Å². The van der Waals surface area contributed by atoms with E-state index in [-0.39, 0.29) is 0 Å². The van der Waals surface area contributed by atoms with Crippen LogP contribution in [0.3, 0.4) is 0 Å². The van der Waals surface area contributed by atoms with Gasteiger partial charge in [-0.2, -0.15) is 0 Å². The van der Waals surface area contributed by atoms with Gasteiger partial charge in [0.2, 0.25) is 0 Å². The molecule has 0 aliphatic carbocycles. The molecule has 0 unspecified atom stereocenters. The lowest BCUT2D eigenvalue weighted by Gasteiger charge is -2.23. The molecule has 2 aliphatic rings. The molecule has 0 aromatic heterocycles. The first kappa shape index (κ1) is 11.4. The third-order valence-corrected chi connectivity index (χ3v) is 3.70. The van der Waals surface area contributed by atoms with Crippen molar-refractivity contribution in [1.82, 2.24) is 15.5 Å². The van der Waals surface area contributed by atoms with Gasteiger partial charge in [-0.15, -0.1) is 0 Å². The largest absolute Gasteiger partial charge is 0.317 e. The Morgan fingerprint density at radius 1 is 1.13 bits per heavy atom. The second-order valence-corrected chi connectivity index (χ2v) is 4.95. The maximum Gasteiger partial charge on any atom is 0.0107 e. The Hall–Kier alpha value is -0.120. The Bertz CT molecular complexity index is 160. The number of nitrogens with one attached hydrogen (secondary N) is 2. The van der Waals surface area contributed by atoms with Crippen LogP contribution in [0.15, 0.2) is 0 Å². The fourth-order valence-corrected chi connectivity index (χ4v) is 2.64. The first-order valence-electron chi connectivity index (χ1n) is 6.59. The van der Waals surface area contributed by atoms with E-state index in [0.717, 1.165) is 5.92 Å². The zero-order valence-electron chi connectivity index (χ0n) is 9.80. The van der Waals surface area contributed by atoms with Gasteiger partial charge < -0.3 is 15.5 Å². The van der Waals surface area contributed by atoms with Gasteiger partial charge in [-0.25, -0.2) is 0 Å². The van der Waals surface area contributed by atoms with Gasteiger partial charge in [-0.3, -0.25) is 0 Å². The zero-order valence-corrected chi connectivity index (χ0v) is 9.80. The molecule has 2 saturated heterocycles. The van der Waals surface area contributed by atoms with Gasteiger partial charge >= 0.3 is 0 Å². The summed E-state index contributed by atoms with van der Waals surface area (Å²) in [6, 6.07) is 0. The second-order valence-electron chi connectivity index (χ2n) is 4.95. The van der Waals surface area contributed by atoms with Gasteiger partial charge in [-0.1, -0.05) is 0 Å². The number of likely N-dealkylation sites (tertiary alicyclic amines) is 1. The van der Waals surface area contributed by atoms with Crippen molar-refractivity contribution < 1.29 is 0 Å². The van der Waals surface area contributed by atoms with Crippen LogP contribution in [0.2, 0.25) is 0 Å². The van der Waals surface area contributed by atoms with E-state index in [4.69, 9.17) is 0 Å². The average molecular weight is 211 g/mol. The van der Waals surface area contributed by atoms with E-state index in [9.17, 15) is 0 Å². The summed E-state index contributed by atoms with van der Waals surface area (Å²) in [5, 5.41) is 7.03. The fourth-order valence-electron chi connectivity index (χ4n) is 2.64. The molecule has 0 aromatic carbocycles. The molecule has 0 atom stereocenters. The van der Waals surface area contributed by atoms with Crippen LogP contribution in [-0.4, -0.2) is 50.7 Å². The fraction of sp³-hybridized carbons (Fsp3) is 1.00. The third-order valence-electron chi connectivity index (χ3n) is 3.70. The SMILES string of the molecule is C1CCN(CCNCC2CCNCC2)C1.